The summed E-state index contributed by atoms with van der Waals surface area (Å²) in [5, 5.41) is 2.29. The van der Waals surface area contributed by atoms with Crippen LogP contribution in [0.2, 0.25) is 0 Å². The van der Waals surface area contributed by atoms with E-state index in [-0.39, 0.29) is 40.2 Å². The first-order valence-electron chi connectivity index (χ1n) is 26.0. The third-order valence-electron chi connectivity index (χ3n) is 13.6. The van der Waals surface area contributed by atoms with Crippen LogP contribution in [0.5, 0.6) is 11.5 Å². The van der Waals surface area contributed by atoms with Gasteiger partial charge < -0.3 is 43.2 Å². The highest BCUT2D eigenvalue weighted by atomic mass is 19.2. The molecule has 1 N–H and O–H groups in total. The number of rotatable bonds is 18. The van der Waals surface area contributed by atoms with E-state index in [4.69, 9.17) is 37.9 Å². The standard InChI is InChI=1S/C64H46F5NO14/c65-49-50(66)52(68)55(53(69)51(49)67)82-62(75)47(70-64(76)78-34-46-44-27-15-13-25-42(44)43-26-14-16-28-45(43)46)33-36-29-31-41(32-30-36)79-63-57(84-61(74)40-23-11-4-12-24-40)56(83-60(73)39-21-9-3-10-22-39)54(81-59(72)38-19-7-2-8-20-38)48(80-63)35-77-58(71)37-17-5-1-6-18-37/h1-32,46-48,54,56-57,63H,33-35H2,(H,70,76)/t47-,48+,54-,56-,57+,63-/m0/s1. The van der Waals surface area contributed by atoms with E-state index in [1.54, 1.807) is 72.8 Å². The highest BCUT2D eigenvalue weighted by Gasteiger charge is 2.54. The Balaban J connectivity index is 0.960. The summed E-state index contributed by atoms with van der Waals surface area (Å²) < 4.78 is 120. The summed E-state index contributed by atoms with van der Waals surface area (Å²) in [5.41, 5.74) is 3.91. The molecule has 6 atom stereocenters. The maximum absolute atomic E-state index is 14.9. The first kappa shape index (κ1) is 57.0. The Bertz CT molecular complexity index is 3640. The van der Waals surface area contributed by atoms with Gasteiger partial charge in [-0.15, -0.1) is 0 Å². The molecule has 0 aromatic heterocycles. The summed E-state index contributed by atoms with van der Waals surface area (Å²) in [7, 11) is 0. The molecule has 8 aromatic rings. The van der Waals surface area contributed by atoms with Crippen LogP contribution in [0.3, 0.4) is 0 Å². The van der Waals surface area contributed by atoms with Crippen LogP contribution < -0.4 is 14.8 Å². The van der Waals surface area contributed by atoms with Crippen LogP contribution in [0.25, 0.3) is 11.1 Å². The molecule has 1 amide bonds. The van der Waals surface area contributed by atoms with Crippen LogP contribution in [0.15, 0.2) is 194 Å². The van der Waals surface area contributed by atoms with Crippen molar-refractivity contribution in [2.75, 3.05) is 13.2 Å². The Morgan fingerprint density at radius 3 is 1.38 bits per heavy atom. The molecule has 0 spiro atoms. The predicted octanol–water partition coefficient (Wildman–Crippen LogP) is 11.1. The maximum atomic E-state index is 14.9. The summed E-state index contributed by atoms with van der Waals surface area (Å²) in [6, 6.07) is 49.2. The minimum absolute atomic E-state index is 0.0328. The second kappa shape index (κ2) is 25.7. The van der Waals surface area contributed by atoms with Crippen molar-refractivity contribution in [1.82, 2.24) is 5.32 Å². The lowest BCUT2D eigenvalue weighted by atomic mass is 9.97. The summed E-state index contributed by atoms with van der Waals surface area (Å²) in [6.07, 6.45) is -10.4. The number of carbonyl (C=O) groups excluding carboxylic acids is 6. The number of carbonyl (C=O) groups is 6. The van der Waals surface area contributed by atoms with E-state index < -0.39 is 126 Å². The molecule has 1 saturated heterocycles. The van der Waals surface area contributed by atoms with Crippen molar-refractivity contribution < 1.29 is 88.6 Å². The van der Waals surface area contributed by atoms with E-state index in [0.717, 1.165) is 22.3 Å². The number of ether oxygens (including phenoxy) is 8. The van der Waals surface area contributed by atoms with Gasteiger partial charge in [0.2, 0.25) is 47.2 Å². The van der Waals surface area contributed by atoms with Gasteiger partial charge in [0.25, 0.3) is 0 Å². The first-order valence-corrected chi connectivity index (χ1v) is 26.0. The number of benzene rings is 8. The predicted molar refractivity (Wildman–Crippen MR) is 287 cm³/mol. The zero-order chi connectivity index (χ0) is 58.9. The van der Waals surface area contributed by atoms with Gasteiger partial charge in [0.05, 0.1) is 22.3 Å². The van der Waals surface area contributed by atoms with Gasteiger partial charge in [0.15, 0.2) is 12.2 Å². The topological polar surface area (TPSA) is 188 Å². The Labute approximate surface area is 475 Å². The van der Waals surface area contributed by atoms with E-state index in [1.807, 2.05) is 48.5 Å². The molecule has 10 rings (SSSR count). The van der Waals surface area contributed by atoms with Crippen molar-refractivity contribution in [3.63, 3.8) is 0 Å². The van der Waals surface area contributed by atoms with E-state index in [1.165, 1.54) is 72.8 Å². The maximum Gasteiger partial charge on any atom is 0.407 e. The number of hydrogen-bond acceptors (Lipinski definition) is 14. The van der Waals surface area contributed by atoms with Crippen LogP contribution in [0.1, 0.15) is 64.0 Å². The quantitative estimate of drug-likeness (QED) is 0.0213. The smallest absolute Gasteiger partial charge is 0.407 e. The molecule has 1 heterocycles. The van der Waals surface area contributed by atoms with Crippen LogP contribution in [-0.2, 0) is 39.6 Å². The Morgan fingerprint density at radius 2 is 0.881 bits per heavy atom. The average molecular weight is 1150 g/mol. The fourth-order valence-corrected chi connectivity index (χ4v) is 9.52. The second-order valence-corrected chi connectivity index (χ2v) is 19.0. The third-order valence-corrected chi connectivity index (χ3v) is 13.6. The van der Waals surface area contributed by atoms with E-state index in [2.05, 4.69) is 5.32 Å². The summed E-state index contributed by atoms with van der Waals surface area (Å²) in [5.74, 6) is -20.0. The van der Waals surface area contributed by atoms with Gasteiger partial charge in [-0.05, 0) is 88.5 Å². The number of halogens is 5. The van der Waals surface area contributed by atoms with Crippen LogP contribution in [0, 0.1) is 29.1 Å². The monoisotopic (exact) mass is 1150 g/mol. The molecule has 84 heavy (non-hydrogen) atoms. The van der Waals surface area contributed by atoms with Crippen molar-refractivity contribution in [2.45, 2.75) is 49.1 Å². The molecule has 15 nitrogen and oxygen atoms in total. The van der Waals surface area contributed by atoms with Crippen molar-refractivity contribution in [3.8, 4) is 22.6 Å². The molecule has 1 aliphatic carbocycles. The van der Waals surface area contributed by atoms with Crippen LogP contribution in [0.4, 0.5) is 26.7 Å². The Kier molecular flexibility index (Phi) is 17.5. The average Bonchev–Trinajstić information content (AvgIpc) is 3.44. The highest BCUT2D eigenvalue weighted by molar-refractivity contribution is 5.92. The Morgan fingerprint density at radius 1 is 0.452 bits per heavy atom. The van der Waals surface area contributed by atoms with Crippen LogP contribution in [-0.4, -0.2) is 85.9 Å². The second-order valence-electron chi connectivity index (χ2n) is 19.0. The van der Waals surface area contributed by atoms with Gasteiger partial charge in [0, 0.05) is 12.3 Å². The molecule has 426 valence electrons. The lowest BCUT2D eigenvalue weighted by molar-refractivity contribution is -0.275. The van der Waals surface area contributed by atoms with Gasteiger partial charge in [-0.1, -0.05) is 133 Å². The normalized spacial score (nSPS) is 17.3. The molecular formula is C64H46F5NO14. The number of esters is 5. The molecule has 1 aliphatic heterocycles. The van der Waals surface area contributed by atoms with Crippen LogP contribution >= 0.6 is 0 Å². The summed E-state index contributed by atoms with van der Waals surface area (Å²) >= 11 is 0. The molecule has 8 aromatic carbocycles. The molecule has 0 unspecified atom stereocenters. The number of hydrogen-bond donors (Lipinski definition) is 1. The Hall–Kier alpha value is -10.2. The summed E-state index contributed by atoms with van der Waals surface area (Å²) in [6.45, 7) is -0.924. The molecule has 0 saturated carbocycles. The van der Waals surface area contributed by atoms with Gasteiger partial charge >= 0.3 is 35.9 Å². The molecule has 2 aliphatic rings. The molecule has 1 fully saturated rings. The van der Waals surface area contributed by atoms with Gasteiger partial charge in [-0.3, -0.25) is 0 Å². The molecule has 0 bridgehead atoms. The van der Waals surface area contributed by atoms with E-state index in [9.17, 15) is 50.7 Å². The lowest BCUT2D eigenvalue weighted by Gasteiger charge is -2.44. The number of alkyl carbamates (subject to hydrolysis) is 1. The lowest BCUT2D eigenvalue weighted by Crippen LogP contribution is -2.63. The first-order chi connectivity index (χ1) is 40.7. The summed E-state index contributed by atoms with van der Waals surface area (Å²) in [4.78, 5) is 83.1. The van der Waals surface area contributed by atoms with Gasteiger partial charge in [0.1, 0.15) is 31.1 Å². The van der Waals surface area contributed by atoms with Crippen molar-refractivity contribution in [3.05, 3.63) is 262 Å². The van der Waals surface area contributed by atoms with Crippen molar-refractivity contribution in [1.29, 1.82) is 0 Å². The van der Waals surface area contributed by atoms with Gasteiger partial charge in [-0.2, -0.15) is 8.78 Å². The third kappa shape index (κ3) is 12.8. The zero-order valence-corrected chi connectivity index (χ0v) is 43.7. The van der Waals surface area contributed by atoms with Crippen molar-refractivity contribution >= 4 is 35.9 Å². The number of amides is 1. The minimum atomic E-state index is -2.50. The SMILES string of the molecule is O=C(N[C@@H](Cc1ccc(O[C@H]2O[C@H](COC(=O)c3ccccc3)[C@H](OC(=O)c3ccccc3)[C@H](OC(=O)c3ccccc3)[C@H]2OC(=O)c2ccccc2)cc1)C(=O)Oc1c(F)c(F)c(F)c(F)c1F)OCC1c2ccccc2-c2ccccc21. The number of nitrogens with one attached hydrogen (secondary N) is 1. The minimum Gasteiger partial charge on any atom is -0.461 e. The fourth-order valence-electron chi connectivity index (χ4n) is 9.52. The zero-order valence-electron chi connectivity index (χ0n) is 43.7. The molecule has 0 radical (unpaired) electrons. The van der Waals surface area contributed by atoms with E-state index in [0.29, 0.717) is 0 Å². The largest absolute Gasteiger partial charge is 0.461 e. The fraction of sp³-hybridized carbons (Fsp3) is 0.156. The molecule has 20 heteroatoms. The van der Waals surface area contributed by atoms with Gasteiger partial charge in [-0.25, -0.2) is 41.9 Å². The molecular weight excluding hydrogens is 1100 g/mol. The number of fused-ring (bicyclic) bond motifs is 3. The van der Waals surface area contributed by atoms with E-state index >= 15 is 0 Å². The highest BCUT2D eigenvalue weighted by Crippen LogP contribution is 2.44. The van der Waals surface area contributed by atoms with Crippen molar-refractivity contribution in [2.24, 2.45) is 0 Å².